The molecule has 0 spiro atoms. The van der Waals surface area contributed by atoms with E-state index in [4.69, 9.17) is 9.84 Å². The van der Waals surface area contributed by atoms with Crippen LogP contribution in [0.4, 0.5) is 0 Å². The number of rotatable bonds is 6. The highest BCUT2D eigenvalue weighted by Crippen LogP contribution is 2.63. The molecule has 0 aromatic carbocycles. The summed E-state index contributed by atoms with van der Waals surface area (Å²) >= 11 is 0. The van der Waals surface area contributed by atoms with Crippen molar-refractivity contribution in [3.63, 3.8) is 0 Å². The summed E-state index contributed by atoms with van der Waals surface area (Å²) in [6.07, 6.45) is 11.7. The molecule has 4 aliphatic carbocycles. The zero-order chi connectivity index (χ0) is 12.6. The molecule has 4 rings (SSSR count). The lowest BCUT2D eigenvalue weighted by atomic mass is 9.47. The van der Waals surface area contributed by atoms with Crippen molar-refractivity contribution < 1.29 is 9.84 Å². The van der Waals surface area contributed by atoms with Crippen LogP contribution in [-0.2, 0) is 4.74 Å². The standard InChI is InChI=1S/C16H28O2/c1-2-15-8-13-7-14(9-15)11-16(10-13,12-15)18-6-4-3-5-17/h13-14,17H,2-12H2,1H3. The Hall–Kier alpha value is -0.0800. The second-order valence-corrected chi connectivity index (χ2v) is 7.28. The van der Waals surface area contributed by atoms with E-state index in [1.807, 2.05) is 0 Å². The van der Waals surface area contributed by atoms with Crippen LogP contribution in [0.3, 0.4) is 0 Å². The summed E-state index contributed by atoms with van der Waals surface area (Å²) in [4.78, 5) is 0. The van der Waals surface area contributed by atoms with E-state index in [2.05, 4.69) is 6.92 Å². The largest absolute Gasteiger partial charge is 0.396 e. The molecule has 0 amide bonds. The fraction of sp³-hybridized carbons (Fsp3) is 1.00. The third-order valence-electron chi connectivity index (χ3n) is 5.84. The average Bonchev–Trinajstić information content (AvgIpc) is 2.33. The Labute approximate surface area is 111 Å². The molecule has 4 fully saturated rings. The van der Waals surface area contributed by atoms with Gasteiger partial charge < -0.3 is 9.84 Å². The van der Waals surface area contributed by atoms with Gasteiger partial charge in [0.25, 0.3) is 0 Å². The minimum absolute atomic E-state index is 0.232. The summed E-state index contributed by atoms with van der Waals surface area (Å²) in [5.41, 5.74) is 0.858. The number of aliphatic hydroxyl groups excluding tert-OH is 1. The van der Waals surface area contributed by atoms with Crippen molar-refractivity contribution in [3.8, 4) is 0 Å². The smallest absolute Gasteiger partial charge is 0.0693 e. The lowest BCUT2D eigenvalue weighted by Gasteiger charge is -2.61. The molecule has 2 atom stereocenters. The summed E-state index contributed by atoms with van der Waals surface area (Å²) in [6, 6.07) is 0. The van der Waals surface area contributed by atoms with Gasteiger partial charge in [-0.05, 0) is 68.6 Å². The maximum atomic E-state index is 8.85. The minimum atomic E-state index is 0.232. The summed E-state index contributed by atoms with van der Waals surface area (Å²) in [7, 11) is 0. The molecule has 0 heterocycles. The third kappa shape index (κ3) is 2.22. The van der Waals surface area contributed by atoms with Crippen LogP contribution < -0.4 is 0 Å². The molecule has 0 aromatic heterocycles. The maximum absolute atomic E-state index is 8.85. The summed E-state index contributed by atoms with van der Waals surface area (Å²) < 4.78 is 6.36. The molecule has 0 saturated heterocycles. The number of unbranched alkanes of at least 4 members (excludes halogenated alkanes) is 1. The van der Waals surface area contributed by atoms with Crippen LogP contribution in [0.2, 0.25) is 0 Å². The Morgan fingerprint density at radius 1 is 1.11 bits per heavy atom. The zero-order valence-electron chi connectivity index (χ0n) is 11.8. The predicted octanol–water partition coefficient (Wildman–Crippen LogP) is 3.52. The molecule has 4 bridgehead atoms. The summed E-state index contributed by atoms with van der Waals surface area (Å²) in [6.45, 7) is 3.55. The normalized spacial score (nSPS) is 45.7. The van der Waals surface area contributed by atoms with Gasteiger partial charge in [0.15, 0.2) is 0 Å². The number of ether oxygens (including phenoxy) is 1. The van der Waals surface area contributed by atoms with Gasteiger partial charge in [0.05, 0.1) is 5.60 Å². The molecule has 4 saturated carbocycles. The third-order valence-corrected chi connectivity index (χ3v) is 5.84. The monoisotopic (exact) mass is 252 g/mol. The van der Waals surface area contributed by atoms with Gasteiger partial charge in [-0.1, -0.05) is 13.3 Å². The molecule has 18 heavy (non-hydrogen) atoms. The van der Waals surface area contributed by atoms with Crippen molar-refractivity contribution in [1.82, 2.24) is 0 Å². The number of hydrogen-bond donors (Lipinski definition) is 1. The van der Waals surface area contributed by atoms with Crippen LogP contribution in [-0.4, -0.2) is 23.9 Å². The van der Waals surface area contributed by atoms with Crippen molar-refractivity contribution in [2.45, 2.75) is 70.3 Å². The topological polar surface area (TPSA) is 29.5 Å². The van der Waals surface area contributed by atoms with E-state index in [1.165, 1.54) is 44.9 Å². The molecule has 0 aromatic rings. The zero-order valence-corrected chi connectivity index (χ0v) is 11.8. The van der Waals surface area contributed by atoms with Crippen LogP contribution in [0.25, 0.3) is 0 Å². The van der Waals surface area contributed by atoms with Gasteiger partial charge in [-0.15, -0.1) is 0 Å². The van der Waals surface area contributed by atoms with E-state index >= 15 is 0 Å². The average molecular weight is 252 g/mol. The Morgan fingerprint density at radius 2 is 1.83 bits per heavy atom. The molecule has 2 unspecified atom stereocenters. The van der Waals surface area contributed by atoms with Crippen molar-refractivity contribution in [3.05, 3.63) is 0 Å². The van der Waals surface area contributed by atoms with Gasteiger partial charge >= 0.3 is 0 Å². The number of hydrogen-bond acceptors (Lipinski definition) is 2. The highest BCUT2D eigenvalue weighted by atomic mass is 16.5. The highest BCUT2D eigenvalue weighted by Gasteiger charge is 2.57. The molecular formula is C16H28O2. The van der Waals surface area contributed by atoms with Crippen molar-refractivity contribution >= 4 is 0 Å². The van der Waals surface area contributed by atoms with Crippen molar-refractivity contribution in [2.75, 3.05) is 13.2 Å². The van der Waals surface area contributed by atoms with Gasteiger partial charge in [-0.25, -0.2) is 0 Å². The van der Waals surface area contributed by atoms with Crippen LogP contribution in [0.1, 0.15) is 64.7 Å². The molecule has 4 aliphatic rings. The molecule has 0 aliphatic heterocycles. The van der Waals surface area contributed by atoms with E-state index in [-0.39, 0.29) is 5.60 Å². The van der Waals surface area contributed by atoms with E-state index in [0.29, 0.717) is 12.0 Å². The van der Waals surface area contributed by atoms with Gasteiger partial charge in [-0.2, -0.15) is 0 Å². The van der Waals surface area contributed by atoms with Gasteiger partial charge in [-0.3, -0.25) is 0 Å². The Balaban J connectivity index is 1.65. The minimum Gasteiger partial charge on any atom is -0.396 e. The second kappa shape index (κ2) is 4.79. The van der Waals surface area contributed by atoms with Crippen LogP contribution in [0, 0.1) is 17.3 Å². The maximum Gasteiger partial charge on any atom is 0.0693 e. The van der Waals surface area contributed by atoms with E-state index in [9.17, 15) is 0 Å². The molecule has 2 nitrogen and oxygen atoms in total. The first-order valence-corrected chi connectivity index (χ1v) is 7.94. The first-order chi connectivity index (χ1) is 8.69. The molecule has 1 N–H and O–H groups in total. The fourth-order valence-corrected chi connectivity index (χ4v) is 5.45. The Morgan fingerprint density at radius 3 is 2.44 bits per heavy atom. The van der Waals surface area contributed by atoms with E-state index < -0.39 is 0 Å². The first-order valence-electron chi connectivity index (χ1n) is 7.94. The predicted molar refractivity (Wildman–Crippen MR) is 72.4 cm³/mol. The van der Waals surface area contributed by atoms with Crippen LogP contribution in [0.5, 0.6) is 0 Å². The second-order valence-electron chi connectivity index (χ2n) is 7.28. The molecule has 104 valence electrons. The molecular weight excluding hydrogens is 224 g/mol. The Bertz CT molecular complexity index is 285. The Kier molecular flexibility index (Phi) is 3.44. The van der Waals surface area contributed by atoms with Crippen LogP contribution >= 0.6 is 0 Å². The fourth-order valence-electron chi connectivity index (χ4n) is 5.45. The highest BCUT2D eigenvalue weighted by molar-refractivity contribution is 5.08. The molecule has 2 heteroatoms. The summed E-state index contributed by atoms with van der Waals surface area (Å²) in [5, 5.41) is 8.85. The van der Waals surface area contributed by atoms with E-state index in [0.717, 1.165) is 31.3 Å². The van der Waals surface area contributed by atoms with Gasteiger partial charge in [0, 0.05) is 13.2 Å². The first kappa shape index (κ1) is 12.9. The quantitative estimate of drug-likeness (QED) is 0.733. The van der Waals surface area contributed by atoms with Crippen molar-refractivity contribution in [2.24, 2.45) is 17.3 Å². The lowest BCUT2D eigenvalue weighted by Crippen LogP contribution is -2.56. The SMILES string of the molecule is CCC12CC3CC(C1)CC(OCCCCO)(C3)C2. The van der Waals surface area contributed by atoms with Gasteiger partial charge in [0.1, 0.15) is 0 Å². The van der Waals surface area contributed by atoms with Crippen molar-refractivity contribution in [1.29, 1.82) is 0 Å². The lowest BCUT2D eigenvalue weighted by molar-refractivity contribution is -0.194. The summed E-state index contributed by atoms with van der Waals surface area (Å²) in [5.74, 6) is 1.90. The molecule has 0 radical (unpaired) electrons. The van der Waals surface area contributed by atoms with Crippen LogP contribution in [0.15, 0.2) is 0 Å². The number of aliphatic hydroxyl groups is 1. The van der Waals surface area contributed by atoms with Gasteiger partial charge in [0.2, 0.25) is 0 Å². The van der Waals surface area contributed by atoms with E-state index in [1.54, 1.807) is 0 Å².